The van der Waals surface area contributed by atoms with Gasteiger partial charge < -0.3 is 31.5 Å². The van der Waals surface area contributed by atoms with Gasteiger partial charge in [-0.05, 0) is 81.8 Å². The van der Waals surface area contributed by atoms with Gasteiger partial charge in [-0.15, -0.1) is 0 Å². The highest BCUT2D eigenvalue weighted by atomic mass is 19.4. The van der Waals surface area contributed by atoms with Crippen molar-refractivity contribution in [2.24, 2.45) is 5.73 Å². The van der Waals surface area contributed by atoms with Gasteiger partial charge in [-0.1, -0.05) is 0 Å². The van der Waals surface area contributed by atoms with Gasteiger partial charge in [0.05, 0.1) is 30.0 Å². The molecule has 0 bridgehead atoms. The number of nitrogens with two attached hydrogens (primary N) is 1. The highest BCUT2D eigenvalue weighted by Gasteiger charge is 2.57. The van der Waals surface area contributed by atoms with Crippen LogP contribution in [0.1, 0.15) is 48.0 Å². The lowest BCUT2D eigenvalue weighted by molar-refractivity contribution is -0.265. The molecule has 6 N–H and O–H groups in total. The van der Waals surface area contributed by atoms with Crippen molar-refractivity contribution in [1.82, 2.24) is 20.6 Å². The highest BCUT2D eigenvalue weighted by Crippen LogP contribution is 2.47. The molecular weight excluding hydrogens is 667 g/mol. The molecule has 11 nitrogen and oxygen atoms in total. The quantitative estimate of drug-likeness (QED) is 0.154. The largest absolute Gasteiger partial charge is 0.489 e. The molecule has 4 amide bonds. The van der Waals surface area contributed by atoms with Crippen LogP contribution in [0.2, 0.25) is 0 Å². The Morgan fingerprint density at radius 3 is 2.32 bits per heavy atom. The average molecular weight is 701 g/mol. The van der Waals surface area contributed by atoms with E-state index in [-0.39, 0.29) is 52.5 Å². The molecule has 1 aliphatic heterocycles. The Balaban J connectivity index is 1.53. The number of anilines is 1. The summed E-state index contributed by atoms with van der Waals surface area (Å²) in [6, 6.07) is 8.72. The van der Waals surface area contributed by atoms with E-state index in [1.165, 1.54) is 51.2 Å². The van der Waals surface area contributed by atoms with Crippen molar-refractivity contribution in [2.75, 3.05) is 25.0 Å². The van der Waals surface area contributed by atoms with E-state index < -0.39 is 58.8 Å². The summed E-state index contributed by atoms with van der Waals surface area (Å²) < 4.78 is 77.9. The predicted octanol–water partition coefficient (Wildman–Crippen LogP) is 4.93. The Morgan fingerprint density at radius 2 is 1.70 bits per heavy atom. The first-order valence-corrected chi connectivity index (χ1v) is 15.2. The van der Waals surface area contributed by atoms with Gasteiger partial charge in [0.15, 0.2) is 0 Å². The molecule has 0 spiro atoms. The normalized spacial score (nSPS) is 17.0. The first kappa shape index (κ1) is 35.9. The number of hydrogen-bond donors (Lipinski definition) is 5. The molecule has 50 heavy (non-hydrogen) atoms. The topological polar surface area (TPSA) is 169 Å². The fourth-order valence-electron chi connectivity index (χ4n) is 5.29. The van der Waals surface area contributed by atoms with Gasteiger partial charge >= 0.3 is 12.2 Å². The first-order chi connectivity index (χ1) is 23.2. The number of alkyl halides is 4. The molecule has 4 aromatic rings. The number of pyridine rings is 2. The maximum atomic E-state index is 14.8. The van der Waals surface area contributed by atoms with Crippen molar-refractivity contribution in [1.29, 1.82) is 0 Å². The molecule has 2 atom stereocenters. The summed E-state index contributed by atoms with van der Waals surface area (Å²) >= 11 is 0. The Morgan fingerprint density at radius 1 is 1.02 bits per heavy atom. The maximum absolute atomic E-state index is 14.8. The van der Waals surface area contributed by atoms with Gasteiger partial charge in [0.2, 0.25) is 11.5 Å². The summed E-state index contributed by atoms with van der Waals surface area (Å²) in [6.07, 6.45) is -3.94. The third kappa shape index (κ3) is 7.01. The van der Waals surface area contributed by atoms with Gasteiger partial charge in [0, 0.05) is 28.3 Å². The Kier molecular flexibility index (Phi) is 9.21. The highest BCUT2D eigenvalue weighted by molar-refractivity contribution is 6.05. The fraction of sp³-hybridized carbons (Fsp3) is 0.324. The molecular formula is C34H33F5N6O5. The van der Waals surface area contributed by atoms with Gasteiger partial charge in [-0.3, -0.25) is 14.6 Å². The molecule has 2 aromatic carbocycles. The number of halogens is 5. The SMILES string of the molecule is Cc1cnc2c(NC(=O)NCC(C)(C)F)cc(C(=O)NC[C@](O)(c3cc4c(c(-c5ccc(F)cc5)n3)OC[C@]4(C)C(N)=O)C(F)(F)F)cc2c1. The van der Waals surface area contributed by atoms with Crippen LogP contribution in [0.5, 0.6) is 5.75 Å². The predicted molar refractivity (Wildman–Crippen MR) is 173 cm³/mol. The second-order valence-corrected chi connectivity index (χ2v) is 12.9. The molecule has 0 aliphatic carbocycles. The van der Waals surface area contributed by atoms with Crippen molar-refractivity contribution < 1.29 is 46.2 Å². The van der Waals surface area contributed by atoms with Crippen molar-refractivity contribution in [3.8, 4) is 17.0 Å². The van der Waals surface area contributed by atoms with Crippen molar-refractivity contribution >= 4 is 34.4 Å². The number of rotatable bonds is 9. The number of carbonyl (C=O) groups is 3. The van der Waals surface area contributed by atoms with Crippen molar-refractivity contribution in [2.45, 2.75) is 50.6 Å². The zero-order valence-electron chi connectivity index (χ0n) is 27.3. The lowest BCUT2D eigenvalue weighted by Crippen LogP contribution is -2.51. The number of benzene rings is 2. The molecule has 3 heterocycles. The van der Waals surface area contributed by atoms with E-state index in [0.717, 1.165) is 18.2 Å². The van der Waals surface area contributed by atoms with E-state index in [0.29, 0.717) is 10.9 Å². The van der Waals surface area contributed by atoms with Crippen LogP contribution in [0.15, 0.2) is 54.7 Å². The van der Waals surface area contributed by atoms with Crippen LogP contribution >= 0.6 is 0 Å². The van der Waals surface area contributed by atoms with E-state index >= 15 is 0 Å². The number of aliphatic hydroxyl groups is 1. The summed E-state index contributed by atoms with van der Waals surface area (Å²) in [5.74, 6) is -2.71. The number of ether oxygens (including phenoxy) is 1. The van der Waals surface area contributed by atoms with Gasteiger partial charge in [0.1, 0.15) is 35.0 Å². The second kappa shape index (κ2) is 12.8. The average Bonchev–Trinajstić information content (AvgIpc) is 3.39. The summed E-state index contributed by atoms with van der Waals surface area (Å²) in [7, 11) is 0. The lowest BCUT2D eigenvalue weighted by atomic mass is 9.81. The Bertz CT molecular complexity index is 2000. The zero-order valence-corrected chi connectivity index (χ0v) is 27.3. The maximum Gasteiger partial charge on any atom is 0.424 e. The molecule has 0 saturated heterocycles. The van der Waals surface area contributed by atoms with E-state index in [1.54, 1.807) is 13.0 Å². The van der Waals surface area contributed by atoms with Crippen LogP contribution in [0.3, 0.4) is 0 Å². The summed E-state index contributed by atoms with van der Waals surface area (Å²) in [5, 5.41) is 18.6. The van der Waals surface area contributed by atoms with Crippen LogP contribution in [-0.4, -0.2) is 64.5 Å². The number of hydrogen-bond acceptors (Lipinski definition) is 7. The van der Waals surface area contributed by atoms with E-state index in [9.17, 15) is 41.4 Å². The number of primary amides is 1. The monoisotopic (exact) mass is 700 g/mol. The molecule has 0 radical (unpaired) electrons. The number of nitrogens with zero attached hydrogens (tertiary/aromatic N) is 2. The smallest absolute Gasteiger partial charge is 0.424 e. The Hall–Kier alpha value is -5.38. The van der Waals surface area contributed by atoms with Crippen molar-refractivity contribution in [3.63, 3.8) is 0 Å². The van der Waals surface area contributed by atoms with Crippen LogP contribution in [-0.2, 0) is 15.8 Å². The summed E-state index contributed by atoms with van der Waals surface area (Å²) in [4.78, 5) is 46.8. The van der Waals surface area contributed by atoms with Gasteiger partial charge in [0.25, 0.3) is 5.91 Å². The molecule has 16 heteroatoms. The molecule has 0 fully saturated rings. The minimum absolute atomic E-state index is 0.00265. The third-order valence-electron chi connectivity index (χ3n) is 8.23. The molecule has 1 aliphatic rings. The zero-order chi connectivity index (χ0) is 36.8. The number of fused-ring (bicyclic) bond motifs is 2. The Labute approximate surface area is 282 Å². The summed E-state index contributed by atoms with van der Waals surface area (Å²) in [5.41, 5.74) is -2.06. The molecule has 264 valence electrons. The summed E-state index contributed by atoms with van der Waals surface area (Å²) in [6.45, 7) is 3.45. The third-order valence-corrected chi connectivity index (χ3v) is 8.23. The lowest BCUT2D eigenvalue weighted by Gasteiger charge is -2.31. The minimum atomic E-state index is -5.44. The standard InChI is InChI=1S/C34H33F5N6O5/c1-17-9-19-10-20(11-23(25(19)41-13-17)44-30(48)43-14-31(2,3)36)28(46)42-15-33(49,34(37,38)39)24-12-22-27(50-16-32(22,4)29(40)47)26(45-24)18-5-7-21(35)8-6-18/h5-13,49H,14-16H2,1-4H3,(H2,40,47)(H,42,46)(H2,43,44,48)/t32-,33-/m0/s1. The first-order valence-electron chi connectivity index (χ1n) is 15.2. The number of aryl methyl sites for hydroxylation is 1. The molecule has 0 unspecified atom stereocenters. The number of urea groups is 1. The van der Waals surface area contributed by atoms with E-state index in [1.807, 2.05) is 0 Å². The van der Waals surface area contributed by atoms with Crippen LogP contribution in [0.25, 0.3) is 22.2 Å². The number of amides is 4. The van der Waals surface area contributed by atoms with Gasteiger partial charge in [-0.2, -0.15) is 13.2 Å². The molecule has 5 rings (SSSR count). The van der Waals surface area contributed by atoms with Crippen LogP contribution < -0.4 is 26.4 Å². The van der Waals surface area contributed by atoms with Gasteiger partial charge in [-0.25, -0.2) is 18.6 Å². The molecule has 2 aromatic heterocycles. The molecule has 0 saturated carbocycles. The van der Waals surface area contributed by atoms with Crippen LogP contribution in [0, 0.1) is 12.7 Å². The van der Waals surface area contributed by atoms with Crippen molar-refractivity contribution in [3.05, 3.63) is 82.9 Å². The number of nitrogens with one attached hydrogen (secondary N) is 3. The van der Waals surface area contributed by atoms with Crippen LogP contribution in [0.4, 0.5) is 32.4 Å². The number of carbonyl (C=O) groups excluding carboxylic acids is 3. The van der Waals surface area contributed by atoms with E-state index in [4.69, 9.17) is 10.5 Å². The second-order valence-electron chi connectivity index (χ2n) is 12.9. The van der Waals surface area contributed by atoms with E-state index in [2.05, 4.69) is 25.9 Å². The number of aromatic nitrogens is 2. The fourth-order valence-corrected chi connectivity index (χ4v) is 5.29. The minimum Gasteiger partial charge on any atom is -0.489 e.